The lowest BCUT2D eigenvalue weighted by Gasteiger charge is -2.35. The largest absolute Gasteiger partial charge is 0.456 e. The van der Waals surface area contributed by atoms with Crippen molar-refractivity contribution in [2.75, 3.05) is 9.80 Å². The standard InChI is InChI=1S/C94H68F2N2O/c1-7-63-27-33-69(34-28-63)93(87-51-59(3)23-25-61(87)5)85-21-11-9-19-79(85)81-47-31-67(55-89(81)93)65-15-13-17-75(53-65)97(73-41-37-71(95)38-42-73)77-45-49-83-84-50-46-78(58-92(84)99-91(83)57-77)98(74-43-39-72(96)40-44-74)76-18-14-16-66(54-76)68-32-48-82-80-20-10-12-22-86(80)94(90(82)56-68,70-35-29-64(8-2)30-36-70)88-52-60(4)24-26-62(88)6/h7-58H,1-2H2,3-6H3. The number of nitrogens with zero attached hydrogens (tertiary/aromatic N) is 2. The lowest BCUT2D eigenvalue weighted by Crippen LogP contribution is -2.29. The van der Waals surface area contributed by atoms with Crippen molar-refractivity contribution in [3.63, 3.8) is 0 Å². The minimum absolute atomic E-state index is 0.320. The van der Waals surface area contributed by atoms with Gasteiger partial charge in [0.05, 0.1) is 10.8 Å². The summed E-state index contributed by atoms with van der Waals surface area (Å²) >= 11 is 0. The summed E-state index contributed by atoms with van der Waals surface area (Å²) in [6, 6.07) is 106. The molecule has 3 nitrogen and oxygen atoms in total. The zero-order chi connectivity index (χ0) is 67.3. The van der Waals surface area contributed by atoms with Gasteiger partial charge < -0.3 is 14.2 Å². The highest BCUT2D eigenvalue weighted by Crippen LogP contribution is 2.60. The summed E-state index contributed by atoms with van der Waals surface area (Å²) in [5.41, 5.74) is 31.0. The van der Waals surface area contributed by atoms with Gasteiger partial charge in [-0.2, -0.15) is 0 Å². The summed E-state index contributed by atoms with van der Waals surface area (Å²) in [6.07, 6.45) is 3.80. The topological polar surface area (TPSA) is 19.6 Å². The first-order valence-corrected chi connectivity index (χ1v) is 33.8. The molecule has 0 radical (unpaired) electrons. The monoisotopic (exact) mass is 1280 g/mol. The van der Waals surface area contributed by atoms with Gasteiger partial charge in [0.25, 0.3) is 0 Å². The molecule has 2 unspecified atom stereocenters. The van der Waals surface area contributed by atoms with Crippen LogP contribution in [-0.4, -0.2) is 0 Å². The van der Waals surface area contributed by atoms with Gasteiger partial charge in [0.2, 0.25) is 0 Å². The van der Waals surface area contributed by atoms with Crippen molar-refractivity contribution >= 4 is 68.2 Å². The Bertz CT molecular complexity index is 5390. The molecule has 5 heteroatoms. The van der Waals surface area contributed by atoms with E-state index >= 15 is 0 Å². The van der Waals surface area contributed by atoms with E-state index in [-0.39, 0.29) is 11.6 Å². The van der Waals surface area contributed by atoms with Crippen LogP contribution in [-0.2, 0) is 10.8 Å². The summed E-state index contributed by atoms with van der Waals surface area (Å²) in [7, 11) is 0. The summed E-state index contributed by atoms with van der Waals surface area (Å²) < 4.78 is 37.0. The number of hydrogen-bond donors (Lipinski definition) is 0. The fourth-order valence-corrected chi connectivity index (χ4v) is 16.2. The SMILES string of the molecule is C=Cc1ccc(C2(c3cc(C)ccc3C)c3ccccc3-c3ccc(-c4cccc(N(c5ccc(F)cc5)c5ccc6c(c5)oc5cc(N(c7ccc(F)cc7)c7cccc(-c8ccc9c(c8)C(c8ccc(C=C)cc8)(c8cc(C)ccc8C)c8ccccc8-9)c7)ccc56)c4)cc32)cc1. The third-order valence-corrected chi connectivity index (χ3v) is 20.8. The first-order valence-electron chi connectivity index (χ1n) is 33.8. The van der Waals surface area contributed by atoms with Gasteiger partial charge in [-0.25, -0.2) is 8.78 Å². The molecule has 2 atom stereocenters. The normalized spacial score (nSPS) is 14.9. The van der Waals surface area contributed by atoms with Crippen molar-refractivity contribution in [2.45, 2.75) is 38.5 Å². The molecule has 2 aliphatic carbocycles. The van der Waals surface area contributed by atoms with Gasteiger partial charge >= 0.3 is 0 Å². The van der Waals surface area contributed by atoms with Crippen LogP contribution in [0, 0.1) is 39.3 Å². The Balaban J connectivity index is 0.758. The predicted octanol–water partition coefficient (Wildman–Crippen LogP) is 25.4. The van der Waals surface area contributed by atoms with E-state index in [1.807, 2.05) is 36.4 Å². The van der Waals surface area contributed by atoms with Crippen molar-refractivity contribution in [3.05, 3.63) is 406 Å². The summed E-state index contributed by atoms with van der Waals surface area (Å²) in [6.45, 7) is 17.0. The lowest BCUT2D eigenvalue weighted by atomic mass is 9.66. The second kappa shape index (κ2) is 23.9. The van der Waals surface area contributed by atoms with Gasteiger partial charge in [0, 0.05) is 57.0 Å². The average Bonchev–Trinajstić information content (AvgIpc) is 1.56. The van der Waals surface area contributed by atoms with Crippen molar-refractivity contribution < 1.29 is 13.2 Å². The van der Waals surface area contributed by atoms with Crippen molar-refractivity contribution in [1.82, 2.24) is 0 Å². The van der Waals surface area contributed by atoms with Gasteiger partial charge in [-0.1, -0.05) is 218 Å². The van der Waals surface area contributed by atoms with Crippen LogP contribution in [0.5, 0.6) is 0 Å². The van der Waals surface area contributed by atoms with Gasteiger partial charge in [0.15, 0.2) is 0 Å². The van der Waals surface area contributed by atoms with E-state index < -0.39 is 10.8 Å². The Morgan fingerprint density at radius 3 is 1.09 bits per heavy atom. The highest BCUT2D eigenvalue weighted by molar-refractivity contribution is 6.07. The smallest absolute Gasteiger partial charge is 0.137 e. The molecule has 2 aliphatic rings. The van der Waals surface area contributed by atoms with E-state index in [4.69, 9.17) is 4.42 Å². The zero-order valence-corrected chi connectivity index (χ0v) is 55.5. The second-order valence-corrected chi connectivity index (χ2v) is 26.6. The maximum atomic E-state index is 15.0. The van der Waals surface area contributed by atoms with Gasteiger partial charge in [-0.15, -0.1) is 0 Å². The minimum atomic E-state index is -0.613. The average molecular weight is 1280 g/mol. The molecule has 99 heavy (non-hydrogen) atoms. The van der Waals surface area contributed by atoms with E-state index in [9.17, 15) is 8.78 Å². The van der Waals surface area contributed by atoms with Crippen LogP contribution in [0.1, 0.15) is 77.9 Å². The van der Waals surface area contributed by atoms with Crippen LogP contribution >= 0.6 is 0 Å². The molecule has 14 aromatic carbocycles. The number of anilines is 6. The van der Waals surface area contributed by atoms with Crippen LogP contribution in [0.3, 0.4) is 0 Å². The molecule has 1 aromatic heterocycles. The maximum absolute atomic E-state index is 15.0. The molecule has 0 saturated carbocycles. The van der Waals surface area contributed by atoms with Gasteiger partial charge in [-0.3, -0.25) is 0 Å². The summed E-state index contributed by atoms with van der Waals surface area (Å²) in [5.74, 6) is -0.640. The van der Waals surface area contributed by atoms with E-state index in [0.717, 1.165) is 78.3 Å². The number of furan rings is 1. The van der Waals surface area contributed by atoms with E-state index in [2.05, 4.69) is 305 Å². The van der Waals surface area contributed by atoms with Crippen LogP contribution in [0.15, 0.2) is 321 Å². The van der Waals surface area contributed by atoms with Crippen LogP contribution < -0.4 is 9.80 Å². The molecule has 0 bridgehead atoms. The quantitative estimate of drug-likeness (QED) is 0.108. The summed E-state index contributed by atoms with van der Waals surface area (Å²) in [5, 5.41) is 1.89. The molecule has 17 rings (SSSR count). The number of aryl methyl sites for hydroxylation is 4. The van der Waals surface area contributed by atoms with Crippen molar-refractivity contribution in [2.24, 2.45) is 0 Å². The number of rotatable bonds is 14. The Labute approximate surface area is 576 Å². The summed E-state index contributed by atoms with van der Waals surface area (Å²) in [4.78, 5) is 4.33. The number of hydrogen-bond acceptors (Lipinski definition) is 3. The Morgan fingerprint density at radius 2 is 0.677 bits per heavy atom. The molecular weight excluding hydrogens is 1210 g/mol. The Morgan fingerprint density at radius 1 is 0.303 bits per heavy atom. The van der Waals surface area contributed by atoms with Crippen molar-refractivity contribution in [3.8, 4) is 44.5 Å². The number of benzene rings is 14. The molecule has 0 aliphatic heterocycles. The molecule has 474 valence electrons. The predicted molar refractivity (Wildman–Crippen MR) is 408 cm³/mol. The molecular formula is C94H68F2N2O. The van der Waals surface area contributed by atoms with E-state index in [1.165, 1.54) is 113 Å². The Hall–Kier alpha value is -12.2. The number of fused-ring (bicyclic) bond motifs is 9. The zero-order valence-electron chi connectivity index (χ0n) is 55.5. The first kappa shape index (κ1) is 60.5. The highest BCUT2D eigenvalue weighted by Gasteiger charge is 2.49. The Kier molecular flexibility index (Phi) is 14.6. The molecule has 0 N–H and O–H groups in total. The fraction of sp³-hybridized carbons (Fsp3) is 0.0638. The molecule has 1 heterocycles. The van der Waals surface area contributed by atoms with Crippen LogP contribution in [0.2, 0.25) is 0 Å². The van der Waals surface area contributed by atoms with E-state index in [0.29, 0.717) is 11.2 Å². The van der Waals surface area contributed by atoms with Crippen molar-refractivity contribution in [1.29, 1.82) is 0 Å². The molecule has 15 aromatic rings. The van der Waals surface area contributed by atoms with Gasteiger partial charge in [-0.05, 0) is 248 Å². The maximum Gasteiger partial charge on any atom is 0.137 e. The first-order chi connectivity index (χ1) is 48.4. The molecule has 0 amide bonds. The van der Waals surface area contributed by atoms with E-state index in [1.54, 1.807) is 0 Å². The number of halogens is 2. The van der Waals surface area contributed by atoms with Gasteiger partial charge in [0.1, 0.15) is 22.8 Å². The van der Waals surface area contributed by atoms with Crippen LogP contribution in [0.4, 0.5) is 42.9 Å². The minimum Gasteiger partial charge on any atom is -0.456 e. The molecule has 0 spiro atoms. The lowest BCUT2D eigenvalue weighted by molar-refractivity contribution is 0.627. The molecule has 0 saturated heterocycles. The molecule has 0 fully saturated rings. The second-order valence-electron chi connectivity index (χ2n) is 26.6. The third-order valence-electron chi connectivity index (χ3n) is 20.8. The highest BCUT2D eigenvalue weighted by atomic mass is 19.1. The fourth-order valence-electron chi connectivity index (χ4n) is 16.2. The third kappa shape index (κ3) is 9.82. The van der Waals surface area contributed by atoms with Crippen LogP contribution in [0.25, 0.3) is 78.6 Å².